The number of nitrogens with zero attached hydrogens (tertiary/aromatic N) is 2. The number of primary amides is 1. The number of nitrogens with two attached hydrogens (primary N) is 1. The normalized spacial score (nSPS) is 19.2. The van der Waals surface area contributed by atoms with Gasteiger partial charge >= 0.3 is 0 Å². The van der Waals surface area contributed by atoms with Crippen LogP contribution in [0.2, 0.25) is 5.02 Å². The number of amides is 2. The smallest absolute Gasteiger partial charge is 0.244 e. The van der Waals surface area contributed by atoms with E-state index in [9.17, 15) is 18.4 Å². The fraction of sp³-hybridized carbons (Fsp3) is 0.235. The van der Waals surface area contributed by atoms with Gasteiger partial charge in [-0.15, -0.1) is 0 Å². The Labute approximate surface area is 147 Å². The van der Waals surface area contributed by atoms with Crippen LogP contribution in [0.25, 0.3) is 0 Å². The fourth-order valence-electron chi connectivity index (χ4n) is 3.31. The number of hydrogen-bond donors (Lipinski definition) is 1. The van der Waals surface area contributed by atoms with Crippen molar-refractivity contribution in [2.45, 2.75) is 18.8 Å². The molecule has 130 valence electrons. The number of halogens is 3. The Balaban J connectivity index is 2.33. The molecule has 0 radical (unpaired) electrons. The number of hydrogen-bond acceptors (Lipinski definition) is 3. The lowest BCUT2D eigenvalue weighted by atomic mass is 9.73. The highest BCUT2D eigenvalue weighted by Gasteiger charge is 2.54. The van der Waals surface area contributed by atoms with Crippen LogP contribution >= 0.6 is 11.6 Å². The lowest BCUT2D eigenvalue weighted by Crippen LogP contribution is -2.44. The van der Waals surface area contributed by atoms with E-state index in [1.807, 2.05) is 0 Å². The summed E-state index contributed by atoms with van der Waals surface area (Å²) in [6.07, 6.45) is 1.24. The maximum atomic E-state index is 14.9. The number of carbonyl (C=O) groups excluding carboxylic acids is 2. The van der Waals surface area contributed by atoms with E-state index in [1.54, 1.807) is 6.92 Å². The average Bonchev–Trinajstić information content (AvgIpc) is 2.81. The summed E-state index contributed by atoms with van der Waals surface area (Å²) < 4.78 is 28.2. The van der Waals surface area contributed by atoms with Gasteiger partial charge in [0.15, 0.2) is 5.82 Å². The average molecular weight is 366 g/mol. The van der Waals surface area contributed by atoms with Gasteiger partial charge in [0.05, 0.1) is 16.8 Å². The minimum atomic E-state index is -1.46. The summed E-state index contributed by atoms with van der Waals surface area (Å²) in [6, 6.07) is 5.20. The molecule has 0 saturated carbocycles. The third-order valence-electron chi connectivity index (χ3n) is 4.43. The molecule has 1 aliphatic rings. The number of carbonyl (C=O) groups is 2. The maximum absolute atomic E-state index is 14.9. The summed E-state index contributed by atoms with van der Waals surface area (Å²) in [5, 5.41) is -0.243. The van der Waals surface area contributed by atoms with Crippen LogP contribution in [-0.2, 0) is 15.0 Å². The van der Waals surface area contributed by atoms with Crippen molar-refractivity contribution in [1.29, 1.82) is 0 Å². The van der Waals surface area contributed by atoms with Crippen molar-refractivity contribution in [3.63, 3.8) is 0 Å². The maximum Gasteiger partial charge on any atom is 0.244 e. The van der Waals surface area contributed by atoms with Gasteiger partial charge in [-0.1, -0.05) is 30.7 Å². The third-order valence-corrected chi connectivity index (χ3v) is 4.69. The molecule has 3 rings (SSSR count). The van der Waals surface area contributed by atoms with Crippen LogP contribution in [0.1, 0.15) is 24.5 Å². The largest absolute Gasteiger partial charge is 0.368 e. The predicted molar refractivity (Wildman–Crippen MR) is 88.2 cm³/mol. The van der Waals surface area contributed by atoms with Gasteiger partial charge < -0.3 is 5.73 Å². The molecule has 0 spiro atoms. The van der Waals surface area contributed by atoms with Gasteiger partial charge in [0.1, 0.15) is 23.6 Å². The van der Waals surface area contributed by atoms with E-state index in [4.69, 9.17) is 17.3 Å². The summed E-state index contributed by atoms with van der Waals surface area (Å²) in [6.45, 7) is 1.25. The summed E-state index contributed by atoms with van der Waals surface area (Å²) >= 11 is 5.87. The topological polar surface area (TPSA) is 76.3 Å². The summed E-state index contributed by atoms with van der Waals surface area (Å²) in [7, 11) is 0. The molecular weight excluding hydrogens is 352 g/mol. The monoisotopic (exact) mass is 365 g/mol. The number of pyridine rings is 1. The number of fused-ring (bicyclic) bond motifs is 1. The van der Waals surface area contributed by atoms with E-state index in [0.717, 1.165) is 11.1 Å². The van der Waals surface area contributed by atoms with Crippen LogP contribution in [0.15, 0.2) is 30.5 Å². The Hall–Kier alpha value is -2.54. The van der Waals surface area contributed by atoms with Crippen molar-refractivity contribution >= 4 is 29.2 Å². The third kappa shape index (κ3) is 2.46. The molecule has 1 aliphatic heterocycles. The van der Waals surface area contributed by atoms with Gasteiger partial charge in [-0.2, -0.15) is 0 Å². The minimum absolute atomic E-state index is 0.00289. The molecule has 1 aromatic carbocycles. The number of anilines is 1. The molecule has 0 bridgehead atoms. The lowest BCUT2D eigenvalue weighted by Gasteiger charge is -2.28. The van der Waals surface area contributed by atoms with Crippen molar-refractivity contribution in [1.82, 2.24) is 4.98 Å². The molecule has 0 saturated heterocycles. The Morgan fingerprint density at radius 2 is 1.96 bits per heavy atom. The molecular formula is C17H14ClF2N3O2. The zero-order chi connectivity index (χ0) is 18.4. The lowest BCUT2D eigenvalue weighted by molar-refractivity contribution is -0.124. The second-order valence-corrected chi connectivity index (χ2v) is 6.15. The molecule has 0 unspecified atom stereocenters. The highest BCUT2D eigenvalue weighted by atomic mass is 35.5. The number of rotatable bonds is 4. The molecule has 8 heteroatoms. The van der Waals surface area contributed by atoms with E-state index in [0.29, 0.717) is 5.56 Å². The standard InChI is InChI=1S/C17H14ClF2N3O2/c1-2-17(9-3-5-10(19)6-4-9)13-14(20)11(18)7-22-15(13)23(16(17)25)8-12(21)24/h3-7H,2,8H2,1H3,(H2,21,24)/t17-/m1/s1. The second kappa shape index (κ2) is 6.07. The Morgan fingerprint density at radius 1 is 1.32 bits per heavy atom. The SMILES string of the molecule is CC[C@]1(c2ccc(F)cc2)C(=O)N(CC(N)=O)c2ncc(Cl)c(F)c21. The van der Waals surface area contributed by atoms with E-state index >= 15 is 0 Å². The molecule has 1 atom stereocenters. The van der Waals surface area contributed by atoms with E-state index < -0.39 is 35.4 Å². The number of aromatic nitrogens is 1. The molecule has 2 aromatic rings. The summed E-state index contributed by atoms with van der Waals surface area (Å²) in [4.78, 5) is 29.6. The fourth-order valence-corrected chi connectivity index (χ4v) is 3.45. The van der Waals surface area contributed by atoms with Crippen LogP contribution in [-0.4, -0.2) is 23.3 Å². The molecule has 0 fully saturated rings. The van der Waals surface area contributed by atoms with E-state index in [1.165, 1.54) is 24.3 Å². The zero-order valence-electron chi connectivity index (χ0n) is 13.2. The molecule has 1 aromatic heterocycles. The first-order valence-electron chi connectivity index (χ1n) is 7.53. The van der Waals surface area contributed by atoms with Gasteiger partial charge in [0.2, 0.25) is 11.8 Å². The Morgan fingerprint density at radius 3 is 2.52 bits per heavy atom. The van der Waals surface area contributed by atoms with Crippen LogP contribution in [0.4, 0.5) is 14.6 Å². The van der Waals surface area contributed by atoms with Gasteiger partial charge in [0.25, 0.3) is 0 Å². The van der Waals surface area contributed by atoms with Gasteiger partial charge in [0, 0.05) is 0 Å². The second-order valence-electron chi connectivity index (χ2n) is 5.74. The molecule has 0 aliphatic carbocycles. The minimum Gasteiger partial charge on any atom is -0.368 e. The van der Waals surface area contributed by atoms with Crippen molar-refractivity contribution in [2.24, 2.45) is 5.73 Å². The first-order valence-corrected chi connectivity index (χ1v) is 7.91. The number of benzene rings is 1. The molecule has 2 amide bonds. The predicted octanol–water partition coefficient (Wildman–Crippen LogP) is 2.54. The van der Waals surface area contributed by atoms with Crippen molar-refractivity contribution in [3.05, 3.63) is 58.2 Å². The molecule has 5 nitrogen and oxygen atoms in total. The first-order chi connectivity index (χ1) is 11.8. The van der Waals surface area contributed by atoms with Crippen molar-refractivity contribution < 1.29 is 18.4 Å². The highest BCUT2D eigenvalue weighted by molar-refractivity contribution is 6.31. The van der Waals surface area contributed by atoms with E-state index in [-0.39, 0.29) is 22.8 Å². The Bertz CT molecular complexity index is 873. The van der Waals surface area contributed by atoms with Crippen LogP contribution in [0, 0.1) is 11.6 Å². The van der Waals surface area contributed by atoms with Crippen LogP contribution in [0.5, 0.6) is 0 Å². The van der Waals surface area contributed by atoms with E-state index in [2.05, 4.69) is 4.98 Å². The summed E-state index contributed by atoms with van der Waals surface area (Å²) in [5.74, 6) is -2.60. The first kappa shape index (κ1) is 17.3. The van der Waals surface area contributed by atoms with Crippen molar-refractivity contribution in [2.75, 3.05) is 11.4 Å². The van der Waals surface area contributed by atoms with Crippen LogP contribution < -0.4 is 10.6 Å². The van der Waals surface area contributed by atoms with Crippen molar-refractivity contribution in [3.8, 4) is 0 Å². The molecule has 25 heavy (non-hydrogen) atoms. The molecule has 2 heterocycles. The van der Waals surface area contributed by atoms with Gasteiger partial charge in [-0.25, -0.2) is 13.8 Å². The van der Waals surface area contributed by atoms with Crippen LogP contribution in [0.3, 0.4) is 0 Å². The molecule has 2 N–H and O–H groups in total. The quantitative estimate of drug-likeness (QED) is 0.904. The van der Waals surface area contributed by atoms with Gasteiger partial charge in [-0.3, -0.25) is 14.5 Å². The Kier molecular flexibility index (Phi) is 4.20. The summed E-state index contributed by atoms with van der Waals surface area (Å²) in [5.41, 5.74) is 4.12. The van der Waals surface area contributed by atoms with Gasteiger partial charge in [-0.05, 0) is 24.1 Å². The zero-order valence-corrected chi connectivity index (χ0v) is 14.0. The highest BCUT2D eigenvalue weighted by Crippen LogP contribution is 2.49.